The number of ether oxygens (including phenoxy) is 1. The van der Waals surface area contributed by atoms with Crippen molar-refractivity contribution in [1.82, 2.24) is 0 Å². The van der Waals surface area contributed by atoms with Gasteiger partial charge in [0.1, 0.15) is 0 Å². The van der Waals surface area contributed by atoms with Crippen molar-refractivity contribution in [1.29, 1.82) is 0 Å². The highest BCUT2D eigenvalue weighted by atomic mass is 16.5. The zero-order valence-electron chi connectivity index (χ0n) is 14.9. The average Bonchev–Trinajstić information content (AvgIpc) is 2.58. The Kier molecular flexibility index (Phi) is 5.47. The van der Waals surface area contributed by atoms with Gasteiger partial charge in [0, 0.05) is 12.2 Å². The van der Waals surface area contributed by atoms with Gasteiger partial charge in [-0.1, -0.05) is 45.0 Å². The number of anilines is 1. The number of nitrogens with one attached hydrogen (secondary N) is 1. The summed E-state index contributed by atoms with van der Waals surface area (Å²) >= 11 is 0. The Labute approximate surface area is 147 Å². The number of rotatable bonds is 5. The smallest absolute Gasteiger partial charge is 0.338 e. The van der Waals surface area contributed by atoms with Gasteiger partial charge in [-0.2, -0.15) is 0 Å². The Morgan fingerprint density at radius 1 is 1.08 bits per heavy atom. The van der Waals surface area contributed by atoms with Gasteiger partial charge >= 0.3 is 11.9 Å². The molecule has 0 aliphatic carbocycles. The minimum atomic E-state index is -1.00. The van der Waals surface area contributed by atoms with Crippen molar-refractivity contribution < 1.29 is 19.4 Å². The fourth-order valence-corrected chi connectivity index (χ4v) is 2.51. The molecule has 2 rings (SSSR count). The van der Waals surface area contributed by atoms with E-state index in [0.717, 1.165) is 11.1 Å². The van der Waals surface area contributed by atoms with E-state index in [-0.39, 0.29) is 11.0 Å². The van der Waals surface area contributed by atoms with Gasteiger partial charge in [0.15, 0.2) is 0 Å². The minimum absolute atomic E-state index is 0.0926. The highest BCUT2D eigenvalue weighted by molar-refractivity contribution is 5.94. The summed E-state index contributed by atoms with van der Waals surface area (Å²) in [5.41, 5.74) is 2.86. The molecule has 0 spiro atoms. The van der Waals surface area contributed by atoms with E-state index in [0.29, 0.717) is 17.8 Å². The molecule has 0 amide bonds. The quantitative estimate of drug-likeness (QED) is 0.802. The third kappa shape index (κ3) is 4.38. The van der Waals surface area contributed by atoms with Gasteiger partial charge < -0.3 is 15.2 Å². The van der Waals surface area contributed by atoms with Gasteiger partial charge in [0.05, 0.1) is 18.2 Å². The molecule has 0 atom stereocenters. The Morgan fingerprint density at radius 3 is 2.36 bits per heavy atom. The van der Waals surface area contributed by atoms with E-state index >= 15 is 0 Å². The number of esters is 1. The van der Waals surface area contributed by atoms with Gasteiger partial charge in [0.2, 0.25) is 0 Å². The predicted octanol–water partition coefficient (Wildman–Crippen LogP) is 4.08. The third-order valence-electron chi connectivity index (χ3n) is 4.01. The SMILES string of the molecule is COC(=O)c1cc(C(C)(C)C)ccc1CNc1ccccc1C(=O)O. The van der Waals surface area contributed by atoms with Crippen LogP contribution in [-0.2, 0) is 16.7 Å². The molecule has 2 N–H and O–H groups in total. The van der Waals surface area contributed by atoms with Crippen molar-refractivity contribution in [3.05, 3.63) is 64.7 Å². The van der Waals surface area contributed by atoms with Crippen molar-refractivity contribution >= 4 is 17.6 Å². The molecule has 0 saturated carbocycles. The van der Waals surface area contributed by atoms with Gasteiger partial charge in [-0.3, -0.25) is 0 Å². The van der Waals surface area contributed by atoms with Crippen LogP contribution in [0.1, 0.15) is 52.6 Å². The van der Waals surface area contributed by atoms with E-state index in [4.69, 9.17) is 4.74 Å². The molecule has 0 saturated heterocycles. The van der Waals surface area contributed by atoms with Crippen molar-refractivity contribution in [2.45, 2.75) is 32.7 Å². The van der Waals surface area contributed by atoms with Crippen LogP contribution in [-0.4, -0.2) is 24.2 Å². The summed E-state index contributed by atoms with van der Waals surface area (Å²) in [4.78, 5) is 23.5. The lowest BCUT2D eigenvalue weighted by Gasteiger charge is -2.21. The molecule has 132 valence electrons. The summed E-state index contributed by atoms with van der Waals surface area (Å²) in [5.74, 6) is -1.41. The fourth-order valence-electron chi connectivity index (χ4n) is 2.51. The Bertz CT molecular complexity index is 791. The van der Waals surface area contributed by atoms with Crippen LogP contribution in [0.15, 0.2) is 42.5 Å². The van der Waals surface area contributed by atoms with Crippen LogP contribution in [0.5, 0.6) is 0 Å². The Hall–Kier alpha value is -2.82. The number of carboxylic acid groups (broad SMARTS) is 1. The molecular weight excluding hydrogens is 318 g/mol. The molecule has 0 fully saturated rings. The summed E-state index contributed by atoms with van der Waals surface area (Å²) in [7, 11) is 1.35. The number of carbonyl (C=O) groups excluding carboxylic acids is 1. The molecule has 5 heteroatoms. The molecule has 0 bridgehead atoms. The van der Waals surface area contributed by atoms with Gasteiger partial charge in [-0.05, 0) is 34.7 Å². The standard InChI is InChI=1S/C20H23NO4/c1-20(2,3)14-10-9-13(16(11-14)19(24)25-4)12-21-17-8-6-5-7-15(17)18(22)23/h5-11,21H,12H2,1-4H3,(H,22,23). The summed E-state index contributed by atoms with van der Waals surface area (Å²) in [5, 5.41) is 12.4. The van der Waals surface area contributed by atoms with Crippen molar-refractivity contribution in [2.24, 2.45) is 0 Å². The molecular formula is C20H23NO4. The maximum absolute atomic E-state index is 12.2. The minimum Gasteiger partial charge on any atom is -0.478 e. The van der Waals surface area contributed by atoms with E-state index in [1.54, 1.807) is 18.2 Å². The first-order valence-electron chi connectivity index (χ1n) is 8.02. The molecule has 0 aliphatic rings. The number of benzene rings is 2. The highest BCUT2D eigenvalue weighted by Crippen LogP contribution is 2.26. The van der Waals surface area contributed by atoms with Crippen LogP contribution in [0.2, 0.25) is 0 Å². The number of carbonyl (C=O) groups is 2. The second kappa shape index (κ2) is 7.38. The molecule has 0 radical (unpaired) electrons. The number of aromatic carboxylic acids is 1. The Balaban J connectivity index is 2.34. The Morgan fingerprint density at radius 2 is 1.76 bits per heavy atom. The van der Waals surface area contributed by atoms with E-state index in [2.05, 4.69) is 26.1 Å². The first-order chi connectivity index (χ1) is 11.7. The van der Waals surface area contributed by atoms with Crippen molar-refractivity contribution in [2.75, 3.05) is 12.4 Å². The highest BCUT2D eigenvalue weighted by Gasteiger charge is 2.19. The third-order valence-corrected chi connectivity index (χ3v) is 4.01. The van der Waals surface area contributed by atoms with E-state index in [1.807, 2.05) is 18.2 Å². The first-order valence-corrected chi connectivity index (χ1v) is 8.02. The molecule has 0 unspecified atom stereocenters. The number of carboxylic acids is 1. The normalized spacial score (nSPS) is 11.0. The van der Waals surface area contributed by atoms with Gasteiger partial charge in [-0.25, -0.2) is 9.59 Å². The maximum Gasteiger partial charge on any atom is 0.338 e. The van der Waals surface area contributed by atoms with Crippen molar-refractivity contribution in [3.63, 3.8) is 0 Å². The largest absolute Gasteiger partial charge is 0.478 e. The van der Waals surface area contributed by atoms with E-state index < -0.39 is 11.9 Å². The lowest BCUT2D eigenvalue weighted by molar-refractivity contribution is 0.0598. The second-order valence-corrected chi connectivity index (χ2v) is 6.82. The first kappa shape index (κ1) is 18.5. The number of methoxy groups -OCH3 is 1. The van der Waals surface area contributed by atoms with E-state index in [1.165, 1.54) is 13.2 Å². The summed E-state index contributed by atoms with van der Waals surface area (Å²) in [6, 6.07) is 12.4. The van der Waals surface area contributed by atoms with Crippen molar-refractivity contribution in [3.8, 4) is 0 Å². The van der Waals surface area contributed by atoms with E-state index in [9.17, 15) is 14.7 Å². The molecule has 0 aromatic heterocycles. The number of para-hydroxylation sites is 1. The molecule has 2 aromatic carbocycles. The lowest BCUT2D eigenvalue weighted by atomic mass is 9.85. The lowest BCUT2D eigenvalue weighted by Crippen LogP contribution is -2.16. The molecule has 25 heavy (non-hydrogen) atoms. The van der Waals surface area contributed by atoms with Crippen LogP contribution in [0, 0.1) is 0 Å². The molecule has 0 aliphatic heterocycles. The van der Waals surface area contributed by atoms with Crippen LogP contribution in [0.25, 0.3) is 0 Å². The predicted molar refractivity (Wildman–Crippen MR) is 97.2 cm³/mol. The average molecular weight is 341 g/mol. The number of hydrogen-bond donors (Lipinski definition) is 2. The zero-order valence-corrected chi connectivity index (χ0v) is 14.9. The van der Waals surface area contributed by atoms with Gasteiger partial charge in [0.25, 0.3) is 0 Å². The van der Waals surface area contributed by atoms with Crippen LogP contribution in [0.3, 0.4) is 0 Å². The fraction of sp³-hybridized carbons (Fsp3) is 0.300. The van der Waals surface area contributed by atoms with Gasteiger partial charge in [-0.15, -0.1) is 0 Å². The maximum atomic E-state index is 12.2. The second-order valence-electron chi connectivity index (χ2n) is 6.82. The number of hydrogen-bond acceptors (Lipinski definition) is 4. The summed E-state index contributed by atoms with van der Waals surface area (Å²) < 4.78 is 4.90. The monoisotopic (exact) mass is 341 g/mol. The topological polar surface area (TPSA) is 75.6 Å². The van der Waals surface area contributed by atoms with Crippen LogP contribution in [0.4, 0.5) is 5.69 Å². The summed E-state index contributed by atoms with van der Waals surface area (Å²) in [6.07, 6.45) is 0. The van der Waals surface area contributed by atoms with Crippen LogP contribution >= 0.6 is 0 Å². The molecule has 0 heterocycles. The molecule has 2 aromatic rings. The molecule has 5 nitrogen and oxygen atoms in total. The zero-order chi connectivity index (χ0) is 18.6. The van der Waals surface area contributed by atoms with Crippen LogP contribution < -0.4 is 5.32 Å². The summed E-state index contributed by atoms with van der Waals surface area (Å²) in [6.45, 7) is 6.54.